The number of hydroxylamine groups is 1. The Hall–Kier alpha value is -1.97. The van der Waals surface area contributed by atoms with Crippen molar-refractivity contribution in [3.05, 3.63) is 35.5 Å². The molecule has 1 aromatic carbocycles. The van der Waals surface area contributed by atoms with Crippen LogP contribution in [0.15, 0.2) is 24.1 Å². The van der Waals surface area contributed by atoms with E-state index >= 15 is 0 Å². The Kier molecular flexibility index (Phi) is 7.83. The summed E-state index contributed by atoms with van der Waals surface area (Å²) in [4.78, 5) is 16.0. The number of carbonyl (C=O) groups excluding carboxylic acids is 1. The summed E-state index contributed by atoms with van der Waals surface area (Å²) in [5.74, 6) is 0.981. The molecule has 1 atom stereocenters. The molecule has 0 radical (unpaired) electrons. The topological polar surface area (TPSA) is 89.1 Å². The standard InChI is InChI=1S/C16H23FN2O5S/c1-22-14-11-13(17)8-7-12(14)10-16-19-25(24-23-16)9-5-3-2-4-6-15(20)18-21/h7-8,10-11,19,21,25H,2-6,9H2,1H3,(H,18,20)/b16-10-. The summed E-state index contributed by atoms with van der Waals surface area (Å²) in [6.07, 6.45) is 5.59. The van der Waals surface area contributed by atoms with Gasteiger partial charge < -0.3 is 9.62 Å². The van der Waals surface area contributed by atoms with Gasteiger partial charge in [0, 0.05) is 29.9 Å². The van der Waals surface area contributed by atoms with Crippen LogP contribution in [-0.2, 0) is 14.0 Å². The smallest absolute Gasteiger partial charge is 0.243 e. The first-order chi connectivity index (χ1) is 12.1. The number of unbranched alkanes of at least 4 members (excludes halogenated alkanes) is 3. The highest BCUT2D eigenvalue weighted by atomic mass is 32.2. The van der Waals surface area contributed by atoms with Gasteiger partial charge in [0.2, 0.25) is 11.8 Å². The molecule has 3 N–H and O–H groups in total. The molecule has 0 aliphatic carbocycles. The molecule has 140 valence electrons. The number of rotatable bonds is 9. The molecule has 1 unspecified atom stereocenters. The fourth-order valence-corrected chi connectivity index (χ4v) is 3.54. The number of hydrogen-bond donors (Lipinski definition) is 4. The second-order valence-corrected chi connectivity index (χ2v) is 7.04. The molecule has 1 saturated heterocycles. The van der Waals surface area contributed by atoms with Crippen molar-refractivity contribution in [1.82, 2.24) is 10.2 Å². The third-order valence-corrected chi connectivity index (χ3v) is 5.02. The first kappa shape index (κ1) is 19.4. The molecular weight excluding hydrogens is 351 g/mol. The van der Waals surface area contributed by atoms with Crippen LogP contribution in [0.1, 0.15) is 37.7 Å². The fraction of sp³-hybridized carbons (Fsp3) is 0.438. The summed E-state index contributed by atoms with van der Waals surface area (Å²) in [7, 11) is 1.48. The molecule has 0 saturated carbocycles. The van der Waals surface area contributed by atoms with Gasteiger partial charge in [-0.25, -0.2) is 9.87 Å². The van der Waals surface area contributed by atoms with E-state index in [0.717, 1.165) is 31.4 Å². The summed E-state index contributed by atoms with van der Waals surface area (Å²) in [5.41, 5.74) is 2.31. The lowest BCUT2D eigenvalue weighted by Crippen LogP contribution is -2.17. The van der Waals surface area contributed by atoms with Crippen molar-refractivity contribution in [2.45, 2.75) is 32.1 Å². The van der Waals surface area contributed by atoms with Crippen molar-refractivity contribution in [1.29, 1.82) is 0 Å². The highest BCUT2D eigenvalue weighted by molar-refractivity contribution is 8.11. The Morgan fingerprint density at radius 3 is 2.96 bits per heavy atom. The average molecular weight is 374 g/mol. The number of hydrogen-bond acceptors (Lipinski definition) is 6. The largest absolute Gasteiger partial charge is 0.496 e. The molecular formula is C16H23FN2O5S. The number of ether oxygens (including phenoxy) is 1. The van der Waals surface area contributed by atoms with Gasteiger partial charge in [-0.05, 0) is 36.3 Å². The second kappa shape index (κ2) is 10.1. The Morgan fingerprint density at radius 2 is 2.20 bits per heavy atom. The second-order valence-electron chi connectivity index (χ2n) is 5.47. The third kappa shape index (κ3) is 6.45. The van der Waals surface area contributed by atoms with Crippen molar-refractivity contribution in [3.63, 3.8) is 0 Å². The molecule has 7 nitrogen and oxygen atoms in total. The predicted octanol–water partition coefficient (Wildman–Crippen LogP) is 2.97. The number of amides is 1. The van der Waals surface area contributed by atoms with Gasteiger partial charge in [-0.15, -0.1) is 4.33 Å². The van der Waals surface area contributed by atoms with Crippen LogP contribution in [0.2, 0.25) is 0 Å². The van der Waals surface area contributed by atoms with Crippen LogP contribution in [-0.4, -0.2) is 24.0 Å². The van der Waals surface area contributed by atoms with Crippen LogP contribution in [0.4, 0.5) is 4.39 Å². The fourth-order valence-electron chi connectivity index (χ4n) is 2.29. The zero-order chi connectivity index (χ0) is 18.1. The molecule has 0 aromatic heterocycles. The van der Waals surface area contributed by atoms with E-state index < -0.39 is 11.4 Å². The molecule has 1 fully saturated rings. The lowest BCUT2D eigenvalue weighted by atomic mass is 10.1. The van der Waals surface area contributed by atoms with E-state index in [1.54, 1.807) is 17.6 Å². The predicted molar refractivity (Wildman–Crippen MR) is 93.1 cm³/mol. The van der Waals surface area contributed by atoms with E-state index in [0.29, 0.717) is 23.6 Å². The van der Waals surface area contributed by atoms with Crippen LogP contribution in [0.25, 0.3) is 6.08 Å². The zero-order valence-electron chi connectivity index (χ0n) is 14.0. The lowest BCUT2D eigenvalue weighted by molar-refractivity contribution is -0.135. The number of carbonyl (C=O) groups is 1. The quantitative estimate of drug-likeness (QED) is 0.175. The summed E-state index contributed by atoms with van der Waals surface area (Å²) < 4.78 is 26.8. The van der Waals surface area contributed by atoms with Gasteiger partial charge in [0.05, 0.1) is 7.11 Å². The van der Waals surface area contributed by atoms with Gasteiger partial charge in [0.15, 0.2) is 0 Å². The molecule has 1 aromatic rings. The van der Waals surface area contributed by atoms with E-state index in [1.807, 2.05) is 0 Å². The van der Waals surface area contributed by atoms with Crippen LogP contribution >= 0.6 is 11.4 Å². The van der Waals surface area contributed by atoms with E-state index in [4.69, 9.17) is 19.2 Å². The maximum atomic E-state index is 13.2. The molecule has 2 rings (SSSR count). The van der Waals surface area contributed by atoms with Crippen molar-refractivity contribution in [3.8, 4) is 5.75 Å². The number of benzene rings is 1. The molecule has 25 heavy (non-hydrogen) atoms. The summed E-state index contributed by atoms with van der Waals surface area (Å²) in [5, 5.41) is 8.39. The van der Waals surface area contributed by atoms with Gasteiger partial charge in [0.25, 0.3) is 0 Å². The molecule has 0 bridgehead atoms. The lowest BCUT2D eigenvalue weighted by Gasteiger charge is -2.09. The van der Waals surface area contributed by atoms with Crippen LogP contribution in [0.5, 0.6) is 5.75 Å². The third-order valence-electron chi connectivity index (χ3n) is 3.57. The van der Waals surface area contributed by atoms with Gasteiger partial charge in [0.1, 0.15) is 11.6 Å². The SMILES string of the molecule is COc1cc(F)ccc1/C=C1/N[SH](CCCCCCC(=O)NO)OO1. The minimum atomic E-state index is -0.912. The van der Waals surface area contributed by atoms with Gasteiger partial charge in [-0.3, -0.25) is 14.7 Å². The van der Waals surface area contributed by atoms with Gasteiger partial charge in [-0.1, -0.05) is 12.8 Å². The number of halogens is 1. The van der Waals surface area contributed by atoms with E-state index in [2.05, 4.69) is 4.72 Å². The van der Waals surface area contributed by atoms with Crippen LogP contribution in [0.3, 0.4) is 0 Å². The summed E-state index contributed by atoms with van der Waals surface area (Å²) >= 11 is -0.912. The van der Waals surface area contributed by atoms with Crippen molar-refractivity contribution >= 4 is 23.3 Å². The van der Waals surface area contributed by atoms with Gasteiger partial charge >= 0.3 is 0 Å². The van der Waals surface area contributed by atoms with Crippen LogP contribution < -0.4 is 14.9 Å². The van der Waals surface area contributed by atoms with Crippen LogP contribution in [0, 0.1) is 5.82 Å². The van der Waals surface area contributed by atoms with Crippen molar-refractivity contribution in [2.24, 2.45) is 0 Å². The van der Waals surface area contributed by atoms with Crippen molar-refractivity contribution in [2.75, 3.05) is 12.9 Å². The monoisotopic (exact) mass is 374 g/mol. The number of thiol groups is 1. The first-order valence-electron chi connectivity index (χ1n) is 7.99. The van der Waals surface area contributed by atoms with E-state index in [9.17, 15) is 9.18 Å². The van der Waals surface area contributed by atoms with E-state index in [-0.39, 0.29) is 11.7 Å². The molecule has 9 heteroatoms. The summed E-state index contributed by atoms with van der Waals surface area (Å²) in [6, 6.07) is 4.27. The van der Waals surface area contributed by atoms with E-state index in [1.165, 1.54) is 19.2 Å². The molecule has 1 heterocycles. The highest BCUT2D eigenvalue weighted by Gasteiger charge is 2.18. The Balaban J connectivity index is 1.72. The Bertz CT molecular complexity index is 614. The number of nitrogens with one attached hydrogen (secondary N) is 2. The minimum Gasteiger partial charge on any atom is -0.496 e. The van der Waals surface area contributed by atoms with Crippen molar-refractivity contribution < 1.29 is 28.4 Å². The maximum absolute atomic E-state index is 13.2. The highest BCUT2D eigenvalue weighted by Crippen LogP contribution is 2.34. The molecule has 0 spiro atoms. The normalized spacial score (nSPS) is 19.3. The van der Waals surface area contributed by atoms with Gasteiger partial charge in [-0.2, -0.15) is 0 Å². The molecule has 1 aliphatic heterocycles. The summed E-state index contributed by atoms with van der Waals surface area (Å²) in [6.45, 7) is 0. The maximum Gasteiger partial charge on any atom is 0.243 e. The first-order valence-corrected chi connectivity index (χ1v) is 9.44. The zero-order valence-corrected chi connectivity index (χ0v) is 14.9. The molecule has 1 amide bonds. The molecule has 1 aliphatic rings. The minimum absolute atomic E-state index is 0.329. The Labute approximate surface area is 148 Å². The average Bonchev–Trinajstić information content (AvgIpc) is 3.06. The number of methoxy groups -OCH3 is 1. The Morgan fingerprint density at radius 1 is 1.40 bits per heavy atom.